The van der Waals surface area contributed by atoms with Gasteiger partial charge in [0.2, 0.25) is 0 Å². The topological polar surface area (TPSA) is 41.3 Å². The van der Waals surface area contributed by atoms with E-state index >= 15 is 0 Å². The van der Waals surface area contributed by atoms with Gasteiger partial charge in [-0.05, 0) is 38.2 Å². The smallest absolute Gasteiger partial charge is 0.0658 e. The molecule has 1 aliphatic heterocycles. The summed E-state index contributed by atoms with van der Waals surface area (Å²) >= 11 is 6.09. The highest BCUT2D eigenvalue weighted by molar-refractivity contribution is 6.33. The summed E-state index contributed by atoms with van der Waals surface area (Å²) < 4.78 is 0. The summed E-state index contributed by atoms with van der Waals surface area (Å²) in [4.78, 5) is 2.31. The van der Waals surface area contributed by atoms with Crippen molar-refractivity contribution in [1.82, 2.24) is 4.90 Å². The monoisotopic (exact) mass is 225 g/mol. The Labute approximate surface area is 95.2 Å². The van der Waals surface area contributed by atoms with E-state index in [1.807, 2.05) is 12.1 Å². The number of likely N-dealkylation sites (tertiary alicyclic amines) is 1. The summed E-state index contributed by atoms with van der Waals surface area (Å²) in [5.74, 6) is 0. The second-order valence-corrected chi connectivity index (χ2v) is 4.54. The Kier molecular flexibility index (Phi) is 3.03. The van der Waals surface area contributed by atoms with Crippen LogP contribution in [0.5, 0.6) is 0 Å². The summed E-state index contributed by atoms with van der Waals surface area (Å²) in [6, 6.07) is 6.09. The van der Waals surface area contributed by atoms with Crippen LogP contribution < -0.4 is 11.1 Å². The first-order chi connectivity index (χ1) is 7.15. The van der Waals surface area contributed by atoms with Crippen LogP contribution in [0.4, 0.5) is 11.4 Å². The van der Waals surface area contributed by atoms with Crippen LogP contribution in [0.2, 0.25) is 5.02 Å². The molecule has 1 aliphatic rings. The van der Waals surface area contributed by atoms with Gasteiger partial charge >= 0.3 is 0 Å². The second-order valence-electron chi connectivity index (χ2n) is 4.13. The highest BCUT2D eigenvalue weighted by Crippen LogP contribution is 2.26. The average Bonchev–Trinajstić information content (AvgIpc) is 2.56. The third kappa shape index (κ3) is 2.55. The first-order valence-corrected chi connectivity index (χ1v) is 5.53. The third-order valence-electron chi connectivity index (χ3n) is 2.74. The van der Waals surface area contributed by atoms with Gasteiger partial charge in [0, 0.05) is 18.3 Å². The van der Waals surface area contributed by atoms with Crippen LogP contribution in [-0.4, -0.2) is 31.1 Å². The van der Waals surface area contributed by atoms with Crippen LogP contribution in [0.15, 0.2) is 18.2 Å². The van der Waals surface area contributed by atoms with Gasteiger partial charge in [-0.15, -0.1) is 0 Å². The normalized spacial score (nSPS) is 21.9. The molecule has 0 saturated carbocycles. The van der Waals surface area contributed by atoms with E-state index in [4.69, 9.17) is 17.3 Å². The lowest BCUT2D eigenvalue weighted by Gasteiger charge is -2.15. The van der Waals surface area contributed by atoms with Gasteiger partial charge in [-0.25, -0.2) is 0 Å². The van der Waals surface area contributed by atoms with Crippen LogP contribution in [0, 0.1) is 0 Å². The molecule has 3 nitrogen and oxygen atoms in total. The predicted molar refractivity (Wildman–Crippen MR) is 65.4 cm³/mol. The third-order valence-corrected chi connectivity index (χ3v) is 3.06. The molecule has 1 heterocycles. The zero-order valence-corrected chi connectivity index (χ0v) is 9.59. The van der Waals surface area contributed by atoms with Gasteiger partial charge in [0.05, 0.1) is 10.7 Å². The number of nitrogens with two attached hydrogens (primary N) is 1. The van der Waals surface area contributed by atoms with E-state index in [2.05, 4.69) is 17.3 Å². The quantitative estimate of drug-likeness (QED) is 0.757. The molecular formula is C11H16ClN3. The van der Waals surface area contributed by atoms with E-state index in [1.54, 1.807) is 6.07 Å². The van der Waals surface area contributed by atoms with Gasteiger partial charge in [-0.1, -0.05) is 11.6 Å². The number of halogens is 1. The Bertz CT molecular complexity index is 354. The molecule has 1 saturated heterocycles. The fourth-order valence-corrected chi connectivity index (χ4v) is 2.16. The fraction of sp³-hybridized carbons (Fsp3) is 0.455. The van der Waals surface area contributed by atoms with Crippen molar-refractivity contribution in [3.8, 4) is 0 Å². The maximum Gasteiger partial charge on any atom is 0.0658 e. The van der Waals surface area contributed by atoms with Gasteiger partial charge < -0.3 is 16.0 Å². The maximum atomic E-state index is 6.09. The average molecular weight is 226 g/mol. The van der Waals surface area contributed by atoms with Crippen molar-refractivity contribution in [1.29, 1.82) is 0 Å². The molecule has 0 bridgehead atoms. The Morgan fingerprint density at radius 3 is 2.93 bits per heavy atom. The van der Waals surface area contributed by atoms with Crippen molar-refractivity contribution in [2.24, 2.45) is 0 Å². The van der Waals surface area contributed by atoms with E-state index in [1.165, 1.54) is 0 Å². The SMILES string of the molecule is CN1CCC(Nc2ccc(N)cc2Cl)C1. The number of nitrogen functional groups attached to an aromatic ring is 1. The lowest BCUT2D eigenvalue weighted by Crippen LogP contribution is -2.23. The number of benzene rings is 1. The molecule has 1 fully saturated rings. The zero-order chi connectivity index (χ0) is 10.8. The zero-order valence-electron chi connectivity index (χ0n) is 8.83. The lowest BCUT2D eigenvalue weighted by atomic mass is 10.2. The van der Waals surface area contributed by atoms with E-state index in [9.17, 15) is 0 Å². The molecule has 0 aromatic heterocycles. The van der Waals surface area contributed by atoms with Crippen LogP contribution in [-0.2, 0) is 0 Å². The highest BCUT2D eigenvalue weighted by Gasteiger charge is 2.19. The van der Waals surface area contributed by atoms with Gasteiger partial charge in [0.1, 0.15) is 0 Å². The van der Waals surface area contributed by atoms with E-state index in [0.717, 1.165) is 25.2 Å². The van der Waals surface area contributed by atoms with Gasteiger partial charge in [-0.2, -0.15) is 0 Å². The number of nitrogens with zero attached hydrogens (tertiary/aromatic N) is 1. The summed E-state index contributed by atoms with van der Waals surface area (Å²) in [6.07, 6.45) is 1.16. The molecule has 3 N–H and O–H groups in total. The first-order valence-electron chi connectivity index (χ1n) is 5.15. The van der Waals surface area contributed by atoms with Crippen molar-refractivity contribution >= 4 is 23.0 Å². The van der Waals surface area contributed by atoms with E-state index in [0.29, 0.717) is 16.8 Å². The molecule has 82 valence electrons. The highest BCUT2D eigenvalue weighted by atomic mass is 35.5. The van der Waals surface area contributed by atoms with Crippen molar-refractivity contribution in [2.75, 3.05) is 31.2 Å². The number of rotatable bonds is 2. The Balaban J connectivity index is 2.04. The molecule has 4 heteroatoms. The van der Waals surface area contributed by atoms with Gasteiger partial charge in [0.25, 0.3) is 0 Å². The second kappa shape index (κ2) is 4.29. The Morgan fingerprint density at radius 1 is 1.53 bits per heavy atom. The minimum Gasteiger partial charge on any atom is -0.399 e. The molecule has 1 unspecified atom stereocenters. The molecule has 0 aliphatic carbocycles. The summed E-state index contributed by atoms with van der Waals surface area (Å²) in [7, 11) is 2.13. The van der Waals surface area contributed by atoms with Gasteiger partial charge in [0.15, 0.2) is 0 Å². The summed E-state index contributed by atoms with van der Waals surface area (Å²) in [5, 5.41) is 4.14. The number of likely N-dealkylation sites (N-methyl/N-ethyl adjacent to an activating group) is 1. The van der Waals surface area contributed by atoms with Crippen LogP contribution in [0.1, 0.15) is 6.42 Å². The molecular weight excluding hydrogens is 210 g/mol. The Morgan fingerprint density at radius 2 is 2.33 bits per heavy atom. The molecule has 0 amide bonds. The van der Waals surface area contributed by atoms with Crippen molar-refractivity contribution in [3.63, 3.8) is 0 Å². The van der Waals surface area contributed by atoms with Crippen molar-refractivity contribution in [3.05, 3.63) is 23.2 Å². The fourth-order valence-electron chi connectivity index (χ4n) is 1.92. The van der Waals surface area contributed by atoms with Crippen LogP contribution in [0.3, 0.4) is 0 Å². The Hall–Kier alpha value is -0.930. The molecule has 1 aromatic carbocycles. The van der Waals surface area contributed by atoms with Crippen molar-refractivity contribution < 1.29 is 0 Å². The first kappa shape index (κ1) is 10.6. The summed E-state index contributed by atoms with van der Waals surface area (Å²) in [5.41, 5.74) is 7.32. The largest absolute Gasteiger partial charge is 0.399 e. The number of hydrogen-bond acceptors (Lipinski definition) is 3. The maximum absolute atomic E-state index is 6.09. The molecule has 0 radical (unpaired) electrons. The number of hydrogen-bond donors (Lipinski definition) is 2. The van der Waals surface area contributed by atoms with Crippen LogP contribution >= 0.6 is 11.6 Å². The summed E-state index contributed by atoms with van der Waals surface area (Å²) in [6.45, 7) is 2.21. The van der Waals surface area contributed by atoms with Gasteiger partial charge in [-0.3, -0.25) is 0 Å². The minimum atomic E-state index is 0.496. The molecule has 15 heavy (non-hydrogen) atoms. The minimum absolute atomic E-state index is 0.496. The van der Waals surface area contributed by atoms with Crippen molar-refractivity contribution in [2.45, 2.75) is 12.5 Å². The number of anilines is 2. The lowest BCUT2D eigenvalue weighted by molar-refractivity contribution is 0.414. The molecule has 1 aromatic rings. The standard InChI is InChI=1S/C11H16ClN3/c1-15-5-4-9(7-15)14-11-3-2-8(13)6-10(11)12/h2-3,6,9,14H,4-5,7,13H2,1H3. The molecule has 0 spiro atoms. The van der Waals surface area contributed by atoms with Crippen LogP contribution in [0.25, 0.3) is 0 Å². The predicted octanol–water partition coefficient (Wildman–Crippen LogP) is 2.04. The molecule has 2 rings (SSSR count). The van der Waals surface area contributed by atoms with E-state index < -0.39 is 0 Å². The molecule has 1 atom stereocenters. The van der Waals surface area contributed by atoms with E-state index in [-0.39, 0.29) is 0 Å². The number of nitrogens with one attached hydrogen (secondary N) is 1.